The van der Waals surface area contributed by atoms with Gasteiger partial charge in [0.25, 0.3) is 5.91 Å². The number of nitrogens with one attached hydrogen (secondary N) is 2. The predicted octanol–water partition coefficient (Wildman–Crippen LogP) is 2.42. The van der Waals surface area contributed by atoms with Gasteiger partial charge >= 0.3 is 0 Å². The fraction of sp³-hybridized carbons (Fsp3) is 0.348. The van der Waals surface area contributed by atoms with Crippen molar-refractivity contribution in [3.63, 3.8) is 0 Å². The van der Waals surface area contributed by atoms with Crippen molar-refractivity contribution in [2.24, 2.45) is 0 Å². The number of benzene rings is 2. The third-order valence-corrected chi connectivity index (χ3v) is 4.84. The third-order valence-electron chi connectivity index (χ3n) is 4.84. The van der Waals surface area contributed by atoms with Crippen molar-refractivity contribution < 1.29 is 28.6 Å². The monoisotopic (exact) mass is 441 g/mol. The second-order valence-corrected chi connectivity index (χ2v) is 7.20. The van der Waals surface area contributed by atoms with Gasteiger partial charge in [0.2, 0.25) is 18.6 Å². The Labute approximate surface area is 186 Å². The maximum atomic E-state index is 13.0. The summed E-state index contributed by atoms with van der Waals surface area (Å²) in [5.74, 6) is 0.698. The molecule has 0 aromatic heterocycles. The number of fused-ring (bicyclic) bond motifs is 1. The molecule has 9 nitrogen and oxygen atoms in total. The maximum absolute atomic E-state index is 13.0. The molecule has 0 unspecified atom stereocenters. The van der Waals surface area contributed by atoms with Crippen LogP contribution in [0, 0.1) is 0 Å². The SMILES string of the molecule is CCCCN(CC(=O)NCC(=O)Nc1ccc(OC)cc1)C(=O)c1ccc2c(c1)OCO2. The normalized spacial score (nSPS) is 11.6. The lowest BCUT2D eigenvalue weighted by molar-refractivity contribution is -0.124. The van der Waals surface area contributed by atoms with Crippen LogP contribution in [-0.4, -0.2) is 56.2 Å². The molecule has 1 aliphatic heterocycles. The molecule has 3 amide bonds. The van der Waals surface area contributed by atoms with Crippen molar-refractivity contribution in [1.82, 2.24) is 10.2 Å². The number of hydrogen-bond acceptors (Lipinski definition) is 6. The summed E-state index contributed by atoms with van der Waals surface area (Å²) in [7, 11) is 1.56. The summed E-state index contributed by atoms with van der Waals surface area (Å²) >= 11 is 0. The van der Waals surface area contributed by atoms with E-state index in [1.807, 2.05) is 6.92 Å². The highest BCUT2D eigenvalue weighted by molar-refractivity contribution is 5.98. The summed E-state index contributed by atoms with van der Waals surface area (Å²) in [5, 5.41) is 5.26. The van der Waals surface area contributed by atoms with Gasteiger partial charge in [-0.3, -0.25) is 14.4 Å². The van der Waals surface area contributed by atoms with Crippen LogP contribution >= 0.6 is 0 Å². The lowest BCUT2D eigenvalue weighted by Gasteiger charge is -2.22. The number of nitrogens with zero attached hydrogens (tertiary/aromatic N) is 1. The minimum Gasteiger partial charge on any atom is -0.497 e. The number of rotatable bonds is 10. The number of methoxy groups -OCH3 is 1. The first-order chi connectivity index (χ1) is 15.5. The largest absolute Gasteiger partial charge is 0.497 e. The molecule has 0 spiro atoms. The van der Waals surface area contributed by atoms with Crippen LogP contribution in [-0.2, 0) is 9.59 Å². The fourth-order valence-corrected chi connectivity index (χ4v) is 3.10. The van der Waals surface area contributed by atoms with Gasteiger partial charge in [-0.15, -0.1) is 0 Å². The molecule has 0 saturated carbocycles. The number of amides is 3. The topological polar surface area (TPSA) is 106 Å². The zero-order chi connectivity index (χ0) is 22.9. The summed E-state index contributed by atoms with van der Waals surface area (Å²) in [6.45, 7) is 2.20. The van der Waals surface area contributed by atoms with Crippen LogP contribution in [0.15, 0.2) is 42.5 Å². The van der Waals surface area contributed by atoms with Gasteiger partial charge in [-0.05, 0) is 48.9 Å². The molecule has 9 heteroatoms. The van der Waals surface area contributed by atoms with Crippen LogP contribution in [0.3, 0.4) is 0 Å². The molecule has 0 bridgehead atoms. The Morgan fingerprint density at radius 1 is 1.03 bits per heavy atom. The van der Waals surface area contributed by atoms with Gasteiger partial charge in [0.15, 0.2) is 11.5 Å². The summed E-state index contributed by atoms with van der Waals surface area (Å²) in [6.07, 6.45) is 1.62. The van der Waals surface area contributed by atoms with Crippen molar-refractivity contribution in [1.29, 1.82) is 0 Å². The molecule has 0 fully saturated rings. The van der Waals surface area contributed by atoms with Crippen LogP contribution in [0.25, 0.3) is 0 Å². The highest BCUT2D eigenvalue weighted by Gasteiger charge is 2.22. The molecule has 32 heavy (non-hydrogen) atoms. The quantitative estimate of drug-likeness (QED) is 0.587. The fourth-order valence-electron chi connectivity index (χ4n) is 3.10. The maximum Gasteiger partial charge on any atom is 0.254 e. The molecule has 1 aliphatic rings. The Hall–Kier alpha value is -3.75. The average Bonchev–Trinajstić information content (AvgIpc) is 3.28. The highest BCUT2D eigenvalue weighted by atomic mass is 16.7. The van der Waals surface area contributed by atoms with Crippen molar-refractivity contribution in [3.05, 3.63) is 48.0 Å². The molecule has 170 valence electrons. The summed E-state index contributed by atoms with van der Waals surface area (Å²) < 4.78 is 15.7. The molecule has 0 atom stereocenters. The van der Waals surface area contributed by atoms with E-state index in [1.54, 1.807) is 49.6 Å². The summed E-state index contributed by atoms with van der Waals surface area (Å²) in [5.41, 5.74) is 1.00. The highest BCUT2D eigenvalue weighted by Crippen LogP contribution is 2.32. The van der Waals surface area contributed by atoms with Gasteiger partial charge in [-0.1, -0.05) is 13.3 Å². The number of unbranched alkanes of at least 4 members (excludes halogenated alkanes) is 1. The number of anilines is 1. The van der Waals surface area contributed by atoms with E-state index in [4.69, 9.17) is 14.2 Å². The Morgan fingerprint density at radius 3 is 2.50 bits per heavy atom. The Kier molecular flexibility index (Phi) is 7.91. The van der Waals surface area contributed by atoms with Crippen LogP contribution < -0.4 is 24.8 Å². The molecule has 1 heterocycles. The lowest BCUT2D eigenvalue weighted by Crippen LogP contribution is -2.43. The average molecular weight is 441 g/mol. The van der Waals surface area contributed by atoms with Crippen LogP contribution in [0.5, 0.6) is 17.2 Å². The van der Waals surface area contributed by atoms with Gasteiger partial charge in [0.1, 0.15) is 5.75 Å². The lowest BCUT2D eigenvalue weighted by atomic mass is 10.1. The van der Waals surface area contributed by atoms with Crippen molar-refractivity contribution in [2.75, 3.05) is 38.9 Å². The standard InChI is InChI=1S/C23H27N3O6/c1-3-4-11-26(23(29)16-5-10-19-20(12-16)32-15-31-19)14-22(28)24-13-21(27)25-17-6-8-18(30-2)9-7-17/h5-10,12H,3-4,11,13-15H2,1-2H3,(H,24,28)(H,25,27). The molecular weight excluding hydrogens is 414 g/mol. The van der Waals surface area contributed by atoms with Crippen molar-refractivity contribution in [3.8, 4) is 17.2 Å². The van der Waals surface area contributed by atoms with Crippen LogP contribution in [0.4, 0.5) is 5.69 Å². The molecular formula is C23H27N3O6. The summed E-state index contributed by atoms with van der Waals surface area (Å²) in [4.78, 5) is 39.0. The first-order valence-electron chi connectivity index (χ1n) is 10.4. The second-order valence-electron chi connectivity index (χ2n) is 7.20. The Bertz CT molecular complexity index is 961. The van der Waals surface area contributed by atoms with E-state index in [9.17, 15) is 14.4 Å². The Morgan fingerprint density at radius 2 is 1.78 bits per heavy atom. The van der Waals surface area contributed by atoms with Gasteiger partial charge in [0, 0.05) is 17.8 Å². The number of ether oxygens (including phenoxy) is 3. The molecule has 0 saturated heterocycles. The van der Waals surface area contributed by atoms with E-state index in [1.165, 1.54) is 4.90 Å². The second kappa shape index (κ2) is 11.0. The molecule has 3 rings (SSSR count). The predicted molar refractivity (Wildman–Crippen MR) is 118 cm³/mol. The smallest absolute Gasteiger partial charge is 0.254 e. The zero-order valence-corrected chi connectivity index (χ0v) is 18.2. The third kappa shape index (κ3) is 6.13. The van der Waals surface area contributed by atoms with E-state index in [2.05, 4.69) is 10.6 Å². The molecule has 2 aromatic carbocycles. The van der Waals surface area contributed by atoms with Gasteiger partial charge in [0.05, 0.1) is 20.2 Å². The van der Waals surface area contributed by atoms with Crippen LogP contribution in [0.1, 0.15) is 30.1 Å². The summed E-state index contributed by atoms with van der Waals surface area (Å²) in [6, 6.07) is 11.8. The van der Waals surface area contributed by atoms with E-state index >= 15 is 0 Å². The van der Waals surface area contributed by atoms with E-state index in [-0.39, 0.29) is 31.7 Å². The Balaban J connectivity index is 1.54. The van der Waals surface area contributed by atoms with Gasteiger partial charge in [-0.2, -0.15) is 0 Å². The van der Waals surface area contributed by atoms with E-state index < -0.39 is 5.91 Å². The molecule has 0 aliphatic carbocycles. The van der Waals surface area contributed by atoms with E-state index in [0.717, 1.165) is 12.8 Å². The van der Waals surface area contributed by atoms with E-state index in [0.29, 0.717) is 35.0 Å². The number of hydrogen-bond donors (Lipinski definition) is 2. The molecule has 2 N–H and O–H groups in total. The molecule has 0 radical (unpaired) electrons. The van der Waals surface area contributed by atoms with Crippen molar-refractivity contribution >= 4 is 23.4 Å². The zero-order valence-electron chi connectivity index (χ0n) is 18.2. The number of carbonyl (C=O) groups is 3. The van der Waals surface area contributed by atoms with Gasteiger partial charge < -0.3 is 29.7 Å². The number of carbonyl (C=O) groups excluding carboxylic acids is 3. The van der Waals surface area contributed by atoms with Crippen molar-refractivity contribution in [2.45, 2.75) is 19.8 Å². The van der Waals surface area contributed by atoms with Gasteiger partial charge in [-0.25, -0.2) is 0 Å². The molecule has 2 aromatic rings. The first-order valence-corrected chi connectivity index (χ1v) is 10.4. The first kappa shape index (κ1) is 22.9. The minimum atomic E-state index is -0.417. The van der Waals surface area contributed by atoms with Crippen LogP contribution in [0.2, 0.25) is 0 Å². The minimum absolute atomic E-state index is 0.119.